The summed E-state index contributed by atoms with van der Waals surface area (Å²) in [7, 11) is 0. The number of nitrogens with two attached hydrogens (primary N) is 1. The maximum atomic E-state index is 5.86. The number of nitrogens with zero attached hydrogens (tertiary/aromatic N) is 1. The van der Waals surface area contributed by atoms with Gasteiger partial charge >= 0.3 is 0 Å². The minimum atomic E-state index is 0.116. The summed E-state index contributed by atoms with van der Waals surface area (Å²) in [6.07, 6.45) is 3.33. The Labute approximate surface area is 103 Å². The van der Waals surface area contributed by atoms with E-state index in [1.807, 2.05) is 6.92 Å². The van der Waals surface area contributed by atoms with Crippen molar-refractivity contribution in [2.24, 2.45) is 5.73 Å². The van der Waals surface area contributed by atoms with Gasteiger partial charge in [0, 0.05) is 24.8 Å². The van der Waals surface area contributed by atoms with Crippen LogP contribution in [0.15, 0.2) is 24.3 Å². The molecular formula is C14H20N2O. The standard InChI is InChI=1S/C14H20N2O/c1-10(15)11-2-4-12(5-3-11)16-8-13-6-7-14(9-16)17-13/h2-5,10,13-14H,6-9,15H2,1H3/t10-,13?,14?/m0/s1. The Morgan fingerprint density at radius 2 is 1.76 bits per heavy atom. The molecule has 2 fully saturated rings. The van der Waals surface area contributed by atoms with Crippen LogP contribution in [0.5, 0.6) is 0 Å². The molecule has 17 heavy (non-hydrogen) atoms. The maximum Gasteiger partial charge on any atom is 0.0755 e. The Bertz CT molecular complexity index is 376. The van der Waals surface area contributed by atoms with Gasteiger partial charge in [-0.1, -0.05) is 12.1 Å². The minimum absolute atomic E-state index is 0.116. The molecule has 0 spiro atoms. The fourth-order valence-corrected chi connectivity index (χ4v) is 2.81. The van der Waals surface area contributed by atoms with E-state index in [-0.39, 0.29) is 6.04 Å². The quantitative estimate of drug-likeness (QED) is 0.848. The van der Waals surface area contributed by atoms with Gasteiger partial charge in [0.25, 0.3) is 0 Å². The summed E-state index contributed by atoms with van der Waals surface area (Å²) in [4.78, 5) is 2.44. The van der Waals surface area contributed by atoms with E-state index in [4.69, 9.17) is 10.5 Å². The molecule has 0 radical (unpaired) electrons. The Hall–Kier alpha value is -1.06. The molecule has 2 unspecified atom stereocenters. The topological polar surface area (TPSA) is 38.5 Å². The zero-order valence-electron chi connectivity index (χ0n) is 10.3. The average molecular weight is 232 g/mol. The van der Waals surface area contributed by atoms with Crippen LogP contribution >= 0.6 is 0 Å². The predicted octanol–water partition coefficient (Wildman–Crippen LogP) is 2.07. The molecule has 0 aromatic heterocycles. The lowest BCUT2D eigenvalue weighted by atomic mass is 10.1. The largest absolute Gasteiger partial charge is 0.371 e. The highest BCUT2D eigenvalue weighted by Gasteiger charge is 2.33. The second-order valence-corrected chi connectivity index (χ2v) is 5.24. The molecule has 0 saturated carbocycles. The van der Waals surface area contributed by atoms with Crippen molar-refractivity contribution in [3.63, 3.8) is 0 Å². The van der Waals surface area contributed by atoms with Crippen molar-refractivity contribution in [3.05, 3.63) is 29.8 Å². The number of ether oxygens (including phenoxy) is 1. The van der Waals surface area contributed by atoms with Crippen LogP contribution < -0.4 is 10.6 Å². The Morgan fingerprint density at radius 3 is 2.29 bits per heavy atom. The zero-order chi connectivity index (χ0) is 11.8. The van der Waals surface area contributed by atoms with Crippen molar-refractivity contribution in [3.8, 4) is 0 Å². The number of hydrogen-bond donors (Lipinski definition) is 1. The average Bonchev–Trinajstić information content (AvgIpc) is 2.68. The van der Waals surface area contributed by atoms with E-state index >= 15 is 0 Å². The lowest BCUT2D eigenvalue weighted by Gasteiger charge is -2.34. The normalized spacial score (nSPS) is 29.4. The molecule has 0 amide bonds. The molecule has 2 aliphatic rings. The van der Waals surface area contributed by atoms with Crippen LogP contribution in [0.25, 0.3) is 0 Å². The summed E-state index contributed by atoms with van der Waals surface area (Å²) in [5.41, 5.74) is 8.36. The highest BCUT2D eigenvalue weighted by atomic mass is 16.5. The summed E-state index contributed by atoms with van der Waals surface area (Å²) < 4.78 is 5.85. The molecule has 0 aliphatic carbocycles. The highest BCUT2D eigenvalue weighted by molar-refractivity contribution is 5.49. The number of anilines is 1. The van der Waals surface area contributed by atoms with Gasteiger partial charge in [-0.15, -0.1) is 0 Å². The van der Waals surface area contributed by atoms with Crippen molar-refractivity contribution < 1.29 is 4.74 Å². The second-order valence-electron chi connectivity index (χ2n) is 5.24. The summed E-state index contributed by atoms with van der Waals surface area (Å²) in [5.74, 6) is 0. The van der Waals surface area contributed by atoms with Gasteiger partial charge in [0.15, 0.2) is 0 Å². The van der Waals surface area contributed by atoms with Crippen molar-refractivity contribution in [1.82, 2.24) is 0 Å². The molecule has 1 aromatic carbocycles. The van der Waals surface area contributed by atoms with Crippen LogP contribution in [0.1, 0.15) is 31.4 Å². The summed E-state index contributed by atoms with van der Waals surface area (Å²) >= 11 is 0. The molecule has 92 valence electrons. The van der Waals surface area contributed by atoms with Gasteiger partial charge in [-0.05, 0) is 37.5 Å². The first-order chi connectivity index (χ1) is 8.22. The zero-order valence-corrected chi connectivity index (χ0v) is 10.3. The number of rotatable bonds is 2. The fraction of sp³-hybridized carbons (Fsp3) is 0.571. The Morgan fingerprint density at radius 1 is 1.18 bits per heavy atom. The first-order valence-electron chi connectivity index (χ1n) is 6.48. The van der Waals surface area contributed by atoms with Crippen LogP contribution in [0.2, 0.25) is 0 Å². The van der Waals surface area contributed by atoms with E-state index in [1.165, 1.54) is 24.1 Å². The summed E-state index contributed by atoms with van der Waals surface area (Å²) in [6.45, 7) is 4.09. The highest BCUT2D eigenvalue weighted by Crippen LogP contribution is 2.29. The third-order valence-electron chi connectivity index (χ3n) is 3.83. The number of hydrogen-bond acceptors (Lipinski definition) is 3. The van der Waals surface area contributed by atoms with Gasteiger partial charge in [-0.2, -0.15) is 0 Å². The maximum absolute atomic E-state index is 5.86. The molecule has 2 aliphatic heterocycles. The second kappa shape index (κ2) is 4.31. The first kappa shape index (κ1) is 11.1. The third-order valence-corrected chi connectivity index (χ3v) is 3.83. The van der Waals surface area contributed by atoms with E-state index < -0.39 is 0 Å². The van der Waals surface area contributed by atoms with Gasteiger partial charge in [0.1, 0.15) is 0 Å². The van der Waals surface area contributed by atoms with E-state index in [2.05, 4.69) is 29.2 Å². The van der Waals surface area contributed by atoms with Crippen molar-refractivity contribution >= 4 is 5.69 Å². The van der Waals surface area contributed by atoms with Gasteiger partial charge in [-0.3, -0.25) is 0 Å². The molecular weight excluding hydrogens is 212 g/mol. The van der Waals surface area contributed by atoms with Crippen LogP contribution in [0.3, 0.4) is 0 Å². The number of fused-ring (bicyclic) bond motifs is 2. The molecule has 3 nitrogen and oxygen atoms in total. The van der Waals surface area contributed by atoms with Gasteiger partial charge in [0.2, 0.25) is 0 Å². The molecule has 3 rings (SSSR count). The van der Waals surface area contributed by atoms with Gasteiger partial charge in [0.05, 0.1) is 12.2 Å². The molecule has 3 heteroatoms. The number of morpholine rings is 1. The van der Waals surface area contributed by atoms with E-state index in [0.29, 0.717) is 12.2 Å². The smallest absolute Gasteiger partial charge is 0.0755 e. The summed E-state index contributed by atoms with van der Waals surface area (Å²) in [6, 6.07) is 8.76. The Balaban J connectivity index is 1.75. The van der Waals surface area contributed by atoms with Crippen LogP contribution in [-0.2, 0) is 4.74 Å². The predicted molar refractivity (Wildman–Crippen MR) is 69.2 cm³/mol. The van der Waals surface area contributed by atoms with Gasteiger partial charge < -0.3 is 15.4 Å². The lowest BCUT2D eigenvalue weighted by molar-refractivity contribution is 0.0305. The van der Waals surface area contributed by atoms with E-state index in [1.54, 1.807) is 0 Å². The van der Waals surface area contributed by atoms with Gasteiger partial charge in [-0.25, -0.2) is 0 Å². The van der Waals surface area contributed by atoms with Crippen LogP contribution in [0.4, 0.5) is 5.69 Å². The molecule has 2 heterocycles. The van der Waals surface area contributed by atoms with E-state index in [9.17, 15) is 0 Å². The lowest BCUT2D eigenvalue weighted by Crippen LogP contribution is -2.42. The van der Waals surface area contributed by atoms with E-state index in [0.717, 1.165) is 13.1 Å². The monoisotopic (exact) mass is 232 g/mol. The SMILES string of the molecule is C[C@H](N)c1ccc(N2CC3CCC(C2)O3)cc1. The molecule has 2 N–H and O–H groups in total. The van der Waals surface area contributed by atoms with Crippen LogP contribution in [-0.4, -0.2) is 25.3 Å². The third kappa shape index (κ3) is 2.17. The minimum Gasteiger partial charge on any atom is -0.371 e. The van der Waals surface area contributed by atoms with Crippen LogP contribution in [0, 0.1) is 0 Å². The number of benzene rings is 1. The van der Waals surface area contributed by atoms with Crippen molar-refractivity contribution in [2.45, 2.75) is 38.0 Å². The molecule has 1 aromatic rings. The Kier molecular flexibility index (Phi) is 2.81. The molecule has 3 atom stereocenters. The molecule has 2 bridgehead atoms. The van der Waals surface area contributed by atoms with Crippen molar-refractivity contribution in [2.75, 3.05) is 18.0 Å². The fourth-order valence-electron chi connectivity index (χ4n) is 2.81. The van der Waals surface area contributed by atoms with Crippen molar-refractivity contribution in [1.29, 1.82) is 0 Å². The molecule has 2 saturated heterocycles. The first-order valence-corrected chi connectivity index (χ1v) is 6.48. The summed E-state index contributed by atoms with van der Waals surface area (Å²) in [5, 5.41) is 0.